The number of alkyl halides is 1. The van der Waals surface area contributed by atoms with Gasteiger partial charge in [-0.05, 0) is 20.8 Å². The van der Waals surface area contributed by atoms with E-state index in [1.165, 1.54) is 0 Å². The standard InChI is InChI=1S/C10H16FNO5/c1-9(2,3)17-8(16)12-5-6(13)4-10(12,11)7(14)15/h6,13H,4-5H2,1-3H3,(H,14,15)/t6-,10+/m1/s1. The molecule has 7 heteroatoms. The molecule has 0 aromatic heterocycles. The number of ether oxygens (including phenoxy) is 1. The zero-order valence-electron chi connectivity index (χ0n) is 9.94. The van der Waals surface area contributed by atoms with Crippen LogP contribution in [-0.4, -0.2) is 51.2 Å². The summed E-state index contributed by atoms with van der Waals surface area (Å²) in [7, 11) is 0. The Labute approximate surface area is 98.0 Å². The van der Waals surface area contributed by atoms with Crippen LogP contribution < -0.4 is 0 Å². The highest BCUT2D eigenvalue weighted by Gasteiger charge is 2.55. The molecule has 17 heavy (non-hydrogen) atoms. The number of aliphatic carboxylic acids is 1. The van der Waals surface area contributed by atoms with Gasteiger partial charge in [0.05, 0.1) is 12.6 Å². The molecule has 2 atom stereocenters. The number of rotatable bonds is 1. The van der Waals surface area contributed by atoms with Crippen molar-refractivity contribution >= 4 is 12.1 Å². The number of hydrogen-bond acceptors (Lipinski definition) is 4. The summed E-state index contributed by atoms with van der Waals surface area (Å²) < 4.78 is 18.9. The number of carbonyl (C=O) groups is 2. The highest BCUT2D eigenvalue weighted by Crippen LogP contribution is 2.32. The smallest absolute Gasteiger partial charge is 0.413 e. The van der Waals surface area contributed by atoms with E-state index in [-0.39, 0.29) is 0 Å². The number of carbonyl (C=O) groups excluding carboxylic acids is 1. The Kier molecular flexibility index (Phi) is 3.33. The van der Waals surface area contributed by atoms with Gasteiger partial charge in [0, 0.05) is 6.42 Å². The van der Waals surface area contributed by atoms with Gasteiger partial charge in [0.25, 0.3) is 5.79 Å². The second-order valence-electron chi connectivity index (χ2n) is 5.01. The molecule has 1 rings (SSSR count). The van der Waals surface area contributed by atoms with Crippen LogP contribution in [0.25, 0.3) is 0 Å². The number of amides is 1. The summed E-state index contributed by atoms with van der Waals surface area (Å²) in [6, 6.07) is 0. The van der Waals surface area contributed by atoms with Crippen molar-refractivity contribution in [1.82, 2.24) is 4.90 Å². The van der Waals surface area contributed by atoms with E-state index in [0.29, 0.717) is 4.90 Å². The largest absolute Gasteiger partial charge is 0.477 e. The fraction of sp³-hybridized carbons (Fsp3) is 0.800. The lowest BCUT2D eigenvalue weighted by Crippen LogP contribution is -2.51. The minimum atomic E-state index is -2.90. The SMILES string of the molecule is CC(C)(C)OC(=O)N1C[C@H](O)C[C@@]1(F)C(=O)O. The molecule has 0 saturated carbocycles. The lowest BCUT2D eigenvalue weighted by molar-refractivity contribution is -0.161. The predicted octanol–water partition coefficient (Wildman–Crippen LogP) is 0.739. The lowest BCUT2D eigenvalue weighted by Gasteiger charge is -2.29. The average Bonchev–Trinajstić information content (AvgIpc) is 2.40. The van der Waals surface area contributed by atoms with Crippen LogP contribution in [0.15, 0.2) is 0 Å². The molecule has 0 radical (unpaired) electrons. The van der Waals surface area contributed by atoms with Crippen LogP contribution in [0, 0.1) is 0 Å². The summed E-state index contributed by atoms with van der Waals surface area (Å²) in [4.78, 5) is 22.8. The van der Waals surface area contributed by atoms with Gasteiger partial charge < -0.3 is 14.9 Å². The molecule has 1 amide bonds. The van der Waals surface area contributed by atoms with Crippen LogP contribution in [0.5, 0.6) is 0 Å². The molecule has 6 nitrogen and oxygen atoms in total. The van der Waals surface area contributed by atoms with Crippen LogP contribution in [0.4, 0.5) is 9.18 Å². The van der Waals surface area contributed by atoms with E-state index in [1.807, 2.05) is 0 Å². The van der Waals surface area contributed by atoms with Gasteiger partial charge in [-0.3, -0.25) is 4.90 Å². The zero-order chi connectivity index (χ0) is 13.4. The van der Waals surface area contributed by atoms with Crippen molar-refractivity contribution in [1.29, 1.82) is 0 Å². The van der Waals surface area contributed by atoms with Crippen molar-refractivity contribution in [3.8, 4) is 0 Å². The highest BCUT2D eigenvalue weighted by atomic mass is 19.1. The molecular formula is C10H16FNO5. The van der Waals surface area contributed by atoms with E-state index >= 15 is 0 Å². The van der Waals surface area contributed by atoms with Gasteiger partial charge in [0.1, 0.15) is 5.60 Å². The maximum Gasteiger partial charge on any atom is 0.413 e. The van der Waals surface area contributed by atoms with E-state index in [0.717, 1.165) is 0 Å². The fourth-order valence-electron chi connectivity index (χ4n) is 1.58. The molecule has 98 valence electrons. The molecule has 0 aliphatic carbocycles. The molecule has 0 aromatic rings. The summed E-state index contributed by atoms with van der Waals surface area (Å²) >= 11 is 0. The molecule has 1 aliphatic rings. The van der Waals surface area contributed by atoms with Crippen molar-refractivity contribution in [2.24, 2.45) is 0 Å². The number of β-amino-alcohol motifs (C(OH)–C–C–N with tert-alkyl or cyclic N) is 1. The summed E-state index contributed by atoms with van der Waals surface area (Å²) in [5, 5.41) is 18.1. The number of likely N-dealkylation sites (tertiary alicyclic amines) is 1. The number of halogens is 1. The summed E-state index contributed by atoms with van der Waals surface area (Å²) in [5.74, 6) is -4.71. The molecule has 1 heterocycles. The van der Waals surface area contributed by atoms with Gasteiger partial charge in [-0.25, -0.2) is 14.0 Å². The molecule has 0 spiro atoms. The number of hydrogen-bond donors (Lipinski definition) is 2. The third-order valence-corrected chi connectivity index (χ3v) is 2.27. The van der Waals surface area contributed by atoms with E-state index in [2.05, 4.69) is 0 Å². The minimum Gasteiger partial charge on any atom is -0.477 e. The zero-order valence-corrected chi connectivity index (χ0v) is 9.94. The first-order valence-corrected chi connectivity index (χ1v) is 5.17. The van der Waals surface area contributed by atoms with E-state index in [9.17, 15) is 19.1 Å². The molecule has 0 bridgehead atoms. The first-order chi connectivity index (χ1) is 7.56. The van der Waals surface area contributed by atoms with Gasteiger partial charge >= 0.3 is 12.1 Å². The van der Waals surface area contributed by atoms with Crippen LogP contribution in [-0.2, 0) is 9.53 Å². The topological polar surface area (TPSA) is 87.1 Å². The van der Waals surface area contributed by atoms with Crippen molar-refractivity contribution in [2.75, 3.05) is 6.54 Å². The Morgan fingerprint density at radius 2 is 2.00 bits per heavy atom. The second kappa shape index (κ2) is 4.14. The second-order valence-corrected chi connectivity index (χ2v) is 5.01. The monoisotopic (exact) mass is 249 g/mol. The third-order valence-electron chi connectivity index (χ3n) is 2.27. The van der Waals surface area contributed by atoms with Crippen molar-refractivity contribution in [3.05, 3.63) is 0 Å². The summed E-state index contributed by atoms with van der Waals surface area (Å²) in [6.45, 7) is 4.35. The van der Waals surface area contributed by atoms with Gasteiger partial charge in [-0.2, -0.15) is 0 Å². The third kappa shape index (κ3) is 2.85. The number of carboxylic acid groups (broad SMARTS) is 1. The van der Waals surface area contributed by atoms with Crippen molar-refractivity contribution < 1.29 is 28.9 Å². The normalized spacial score (nSPS) is 29.2. The number of aliphatic hydroxyl groups excluding tert-OH is 1. The van der Waals surface area contributed by atoms with Gasteiger partial charge in [0.2, 0.25) is 0 Å². The number of nitrogens with zero attached hydrogens (tertiary/aromatic N) is 1. The molecule has 0 aromatic carbocycles. The van der Waals surface area contributed by atoms with Crippen LogP contribution in [0.1, 0.15) is 27.2 Å². The van der Waals surface area contributed by atoms with E-state index in [4.69, 9.17) is 9.84 Å². The molecular weight excluding hydrogens is 233 g/mol. The van der Waals surface area contributed by atoms with Crippen molar-refractivity contribution in [3.63, 3.8) is 0 Å². The predicted molar refractivity (Wildman–Crippen MR) is 55.0 cm³/mol. The van der Waals surface area contributed by atoms with Gasteiger partial charge in [-0.15, -0.1) is 0 Å². The number of carboxylic acids is 1. The average molecular weight is 249 g/mol. The Morgan fingerprint density at radius 1 is 1.47 bits per heavy atom. The lowest BCUT2D eigenvalue weighted by atomic mass is 10.1. The molecule has 1 aliphatic heterocycles. The van der Waals surface area contributed by atoms with Gasteiger partial charge in [0.15, 0.2) is 0 Å². The van der Waals surface area contributed by atoms with Crippen LogP contribution in [0.2, 0.25) is 0 Å². The quantitative estimate of drug-likeness (QED) is 0.669. The Bertz CT molecular complexity index is 340. The maximum atomic E-state index is 14.0. The molecule has 0 unspecified atom stereocenters. The Hall–Kier alpha value is -1.37. The summed E-state index contributed by atoms with van der Waals surface area (Å²) in [5.41, 5.74) is -0.857. The molecule has 1 saturated heterocycles. The van der Waals surface area contributed by atoms with E-state index in [1.54, 1.807) is 20.8 Å². The Morgan fingerprint density at radius 3 is 2.41 bits per heavy atom. The first kappa shape index (κ1) is 13.7. The van der Waals surface area contributed by atoms with Crippen LogP contribution in [0.3, 0.4) is 0 Å². The summed E-state index contributed by atoms with van der Waals surface area (Å²) in [6.07, 6.45) is -2.94. The number of aliphatic hydroxyl groups is 1. The first-order valence-electron chi connectivity index (χ1n) is 5.17. The molecule has 1 fully saturated rings. The van der Waals surface area contributed by atoms with Crippen molar-refractivity contribution in [2.45, 2.75) is 44.7 Å². The minimum absolute atomic E-state index is 0.391. The maximum absolute atomic E-state index is 14.0. The highest BCUT2D eigenvalue weighted by molar-refractivity contribution is 5.83. The van der Waals surface area contributed by atoms with E-state index < -0.39 is 42.5 Å². The fourth-order valence-corrected chi connectivity index (χ4v) is 1.58. The van der Waals surface area contributed by atoms with Gasteiger partial charge in [-0.1, -0.05) is 0 Å². The van der Waals surface area contributed by atoms with Crippen LogP contribution >= 0.6 is 0 Å². The Balaban J connectivity index is 2.88. The molecule has 2 N–H and O–H groups in total.